The Labute approximate surface area is 120 Å². The van der Waals surface area contributed by atoms with Crippen molar-refractivity contribution in [2.24, 2.45) is 0 Å². The minimum atomic E-state index is -0.00740. The fourth-order valence-electron chi connectivity index (χ4n) is 2.27. The first-order valence-electron chi connectivity index (χ1n) is 6.45. The minimum absolute atomic E-state index is 0.00740. The fourth-order valence-corrected chi connectivity index (χ4v) is 2.68. The van der Waals surface area contributed by atoms with Gasteiger partial charge in [-0.25, -0.2) is 0 Å². The zero-order valence-corrected chi connectivity index (χ0v) is 12.4. The van der Waals surface area contributed by atoms with E-state index >= 15 is 0 Å². The van der Waals surface area contributed by atoms with Gasteiger partial charge in [0, 0.05) is 0 Å². The molecule has 19 heavy (non-hydrogen) atoms. The molecule has 2 rings (SSSR count). The van der Waals surface area contributed by atoms with Gasteiger partial charge in [-0.3, -0.25) is 0 Å². The molecule has 2 aromatic carbocycles. The zero-order valence-electron chi connectivity index (χ0n) is 11.6. The molecule has 0 N–H and O–H groups in total. The van der Waals surface area contributed by atoms with Gasteiger partial charge < -0.3 is 4.74 Å². The number of benzene rings is 2. The van der Waals surface area contributed by atoms with Gasteiger partial charge in [0.1, 0.15) is 5.75 Å². The van der Waals surface area contributed by atoms with Gasteiger partial charge in [0.05, 0.1) is 12.5 Å². The van der Waals surface area contributed by atoms with Crippen LogP contribution < -0.4 is 4.74 Å². The number of halogens is 1. The SMILES string of the molecule is COc1ccc(C(Cl)Cc2ccccc2C)c(C)c1. The fraction of sp³-hybridized carbons (Fsp3) is 0.294. The van der Waals surface area contributed by atoms with Crippen LogP contribution in [0.5, 0.6) is 5.75 Å². The molecule has 0 amide bonds. The van der Waals surface area contributed by atoms with Crippen LogP contribution in [0.2, 0.25) is 0 Å². The number of aryl methyl sites for hydroxylation is 2. The minimum Gasteiger partial charge on any atom is -0.497 e. The smallest absolute Gasteiger partial charge is 0.119 e. The standard InChI is InChI=1S/C17H19ClO/c1-12-6-4-5-7-14(12)11-17(18)16-9-8-15(19-3)10-13(16)2/h4-10,17H,11H2,1-3H3. The molecular formula is C17H19ClO. The van der Waals surface area contributed by atoms with Gasteiger partial charge >= 0.3 is 0 Å². The molecule has 0 bridgehead atoms. The van der Waals surface area contributed by atoms with Crippen LogP contribution in [0.1, 0.15) is 27.6 Å². The number of alkyl halides is 1. The average molecular weight is 275 g/mol. The van der Waals surface area contributed by atoms with E-state index in [2.05, 4.69) is 44.2 Å². The molecule has 0 radical (unpaired) electrons. The summed E-state index contributed by atoms with van der Waals surface area (Å²) in [6.45, 7) is 4.20. The van der Waals surface area contributed by atoms with E-state index in [9.17, 15) is 0 Å². The van der Waals surface area contributed by atoms with Crippen molar-refractivity contribution in [3.63, 3.8) is 0 Å². The van der Waals surface area contributed by atoms with Crippen molar-refractivity contribution in [2.75, 3.05) is 7.11 Å². The highest BCUT2D eigenvalue weighted by Crippen LogP contribution is 2.30. The Morgan fingerprint density at radius 1 is 1.05 bits per heavy atom. The summed E-state index contributed by atoms with van der Waals surface area (Å²) in [5.74, 6) is 0.876. The van der Waals surface area contributed by atoms with Gasteiger partial charge in [0.2, 0.25) is 0 Å². The summed E-state index contributed by atoms with van der Waals surface area (Å²) in [4.78, 5) is 0. The van der Waals surface area contributed by atoms with Gasteiger partial charge in [0.25, 0.3) is 0 Å². The summed E-state index contributed by atoms with van der Waals surface area (Å²) in [5.41, 5.74) is 4.94. The highest BCUT2D eigenvalue weighted by atomic mass is 35.5. The Kier molecular flexibility index (Phi) is 4.49. The topological polar surface area (TPSA) is 9.23 Å². The van der Waals surface area contributed by atoms with E-state index in [-0.39, 0.29) is 5.38 Å². The quantitative estimate of drug-likeness (QED) is 0.725. The highest BCUT2D eigenvalue weighted by Gasteiger charge is 2.13. The molecule has 0 aliphatic heterocycles. The molecule has 1 nitrogen and oxygen atoms in total. The van der Waals surface area contributed by atoms with Crippen molar-refractivity contribution in [2.45, 2.75) is 25.6 Å². The number of hydrogen-bond donors (Lipinski definition) is 0. The molecule has 100 valence electrons. The molecule has 1 atom stereocenters. The Morgan fingerprint density at radius 3 is 2.42 bits per heavy atom. The Bertz CT molecular complexity index is 563. The molecule has 0 aliphatic carbocycles. The summed E-state index contributed by atoms with van der Waals surface area (Å²) < 4.78 is 5.22. The van der Waals surface area contributed by atoms with Crippen LogP contribution in [0, 0.1) is 13.8 Å². The van der Waals surface area contributed by atoms with E-state index in [0.29, 0.717) is 0 Å². The summed E-state index contributed by atoms with van der Waals surface area (Å²) in [6, 6.07) is 14.4. The van der Waals surface area contributed by atoms with E-state index in [1.165, 1.54) is 22.3 Å². The van der Waals surface area contributed by atoms with Crippen LogP contribution >= 0.6 is 11.6 Å². The molecule has 0 spiro atoms. The van der Waals surface area contributed by atoms with Crippen molar-refractivity contribution >= 4 is 11.6 Å². The second-order valence-electron chi connectivity index (χ2n) is 4.82. The second-order valence-corrected chi connectivity index (χ2v) is 5.35. The van der Waals surface area contributed by atoms with E-state index in [0.717, 1.165) is 12.2 Å². The normalized spacial score (nSPS) is 12.2. The van der Waals surface area contributed by atoms with E-state index in [1.54, 1.807) is 7.11 Å². The van der Waals surface area contributed by atoms with Gasteiger partial charge in [-0.1, -0.05) is 30.3 Å². The van der Waals surface area contributed by atoms with E-state index < -0.39 is 0 Å². The first-order chi connectivity index (χ1) is 9.11. The van der Waals surface area contributed by atoms with E-state index in [1.807, 2.05) is 12.1 Å². The van der Waals surface area contributed by atoms with Crippen molar-refractivity contribution in [1.29, 1.82) is 0 Å². The summed E-state index contributed by atoms with van der Waals surface area (Å²) in [7, 11) is 1.68. The third-order valence-corrected chi connectivity index (χ3v) is 3.86. The third kappa shape index (κ3) is 3.30. The predicted octanol–water partition coefficient (Wildman–Crippen LogP) is 4.83. The summed E-state index contributed by atoms with van der Waals surface area (Å²) in [6.07, 6.45) is 0.849. The van der Waals surface area contributed by atoms with Crippen molar-refractivity contribution in [1.82, 2.24) is 0 Å². The molecular weight excluding hydrogens is 256 g/mol. The van der Waals surface area contributed by atoms with Crippen LogP contribution in [0.4, 0.5) is 0 Å². The Morgan fingerprint density at radius 2 is 1.79 bits per heavy atom. The van der Waals surface area contributed by atoms with Gasteiger partial charge in [-0.2, -0.15) is 0 Å². The molecule has 0 fully saturated rings. The first-order valence-corrected chi connectivity index (χ1v) is 6.88. The number of ether oxygens (including phenoxy) is 1. The second kappa shape index (κ2) is 6.12. The maximum Gasteiger partial charge on any atom is 0.119 e. The lowest BCUT2D eigenvalue weighted by Crippen LogP contribution is -2.00. The van der Waals surface area contributed by atoms with Crippen LogP contribution in [0.15, 0.2) is 42.5 Å². The largest absolute Gasteiger partial charge is 0.497 e. The number of rotatable bonds is 4. The molecule has 0 saturated heterocycles. The highest BCUT2D eigenvalue weighted by molar-refractivity contribution is 6.21. The first kappa shape index (κ1) is 14.0. The number of hydrogen-bond acceptors (Lipinski definition) is 1. The maximum atomic E-state index is 6.57. The van der Waals surface area contributed by atoms with Crippen molar-refractivity contribution in [3.05, 3.63) is 64.7 Å². The third-order valence-electron chi connectivity index (χ3n) is 3.47. The molecule has 2 heteroatoms. The van der Waals surface area contributed by atoms with Crippen LogP contribution in [0.25, 0.3) is 0 Å². The predicted molar refractivity (Wildman–Crippen MR) is 81.2 cm³/mol. The lowest BCUT2D eigenvalue weighted by atomic mass is 9.97. The van der Waals surface area contributed by atoms with E-state index in [4.69, 9.17) is 16.3 Å². The average Bonchev–Trinajstić information content (AvgIpc) is 2.41. The van der Waals surface area contributed by atoms with Gasteiger partial charge in [-0.15, -0.1) is 11.6 Å². The molecule has 0 heterocycles. The lowest BCUT2D eigenvalue weighted by molar-refractivity contribution is 0.414. The molecule has 2 aromatic rings. The summed E-state index contributed by atoms with van der Waals surface area (Å²) in [5, 5.41) is -0.00740. The molecule has 0 aliphatic rings. The lowest BCUT2D eigenvalue weighted by Gasteiger charge is -2.15. The maximum absolute atomic E-state index is 6.57. The Balaban J connectivity index is 2.21. The van der Waals surface area contributed by atoms with Gasteiger partial charge in [0.15, 0.2) is 0 Å². The number of methoxy groups -OCH3 is 1. The molecule has 0 saturated carbocycles. The Hall–Kier alpha value is -1.47. The van der Waals surface area contributed by atoms with Crippen molar-refractivity contribution < 1.29 is 4.74 Å². The molecule has 0 aromatic heterocycles. The monoisotopic (exact) mass is 274 g/mol. The van der Waals surface area contributed by atoms with Crippen LogP contribution in [-0.4, -0.2) is 7.11 Å². The van der Waals surface area contributed by atoms with Crippen molar-refractivity contribution in [3.8, 4) is 5.75 Å². The van der Waals surface area contributed by atoms with Gasteiger partial charge in [-0.05, 0) is 54.7 Å². The van der Waals surface area contributed by atoms with Crippen LogP contribution in [0.3, 0.4) is 0 Å². The summed E-state index contributed by atoms with van der Waals surface area (Å²) >= 11 is 6.57. The zero-order chi connectivity index (χ0) is 13.8. The van der Waals surface area contributed by atoms with Crippen LogP contribution in [-0.2, 0) is 6.42 Å². The molecule has 1 unspecified atom stereocenters.